The number of ether oxygens (including phenoxy) is 2. The normalized spacial score (nSPS) is 17.3. The number of carbonyl (C=O) groups excluding carboxylic acids is 1. The van der Waals surface area contributed by atoms with Crippen molar-refractivity contribution in [1.29, 1.82) is 0 Å². The van der Waals surface area contributed by atoms with Crippen LogP contribution in [-0.2, 0) is 13.6 Å². The Hall–Kier alpha value is -2.47. The van der Waals surface area contributed by atoms with Gasteiger partial charge in [-0.1, -0.05) is 6.07 Å². The van der Waals surface area contributed by atoms with Crippen molar-refractivity contribution in [2.24, 2.45) is 7.05 Å². The average molecular weight is 327 g/mol. The second kappa shape index (κ2) is 6.20. The highest BCUT2D eigenvalue weighted by atomic mass is 16.7. The fourth-order valence-corrected chi connectivity index (χ4v) is 3.25. The number of nitrogens with zero attached hydrogens (tertiary/aromatic N) is 3. The smallest absolute Gasteiger partial charge is 0.270 e. The van der Waals surface area contributed by atoms with E-state index in [4.69, 9.17) is 9.47 Å². The monoisotopic (exact) mass is 327 g/mol. The highest BCUT2D eigenvalue weighted by Crippen LogP contribution is 2.32. The number of carbonyl (C=O) groups is 1. The number of piperazine rings is 1. The second-order valence-corrected chi connectivity index (χ2v) is 6.26. The third-order valence-electron chi connectivity index (χ3n) is 4.67. The predicted octanol–water partition coefficient (Wildman–Crippen LogP) is 1.71. The number of aromatic nitrogens is 1. The summed E-state index contributed by atoms with van der Waals surface area (Å²) in [7, 11) is 1.91. The van der Waals surface area contributed by atoms with Crippen LogP contribution in [0.1, 0.15) is 16.1 Å². The van der Waals surface area contributed by atoms with Gasteiger partial charge in [-0.3, -0.25) is 9.69 Å². The molecule has 0 bridgehead atoms. The molecule has 1 amide bonds. The first kappa shape index (κ1) is 15.1. The quantitative estimate of drug-likeness (QED) is 0.861. The summed E-state index contributed by atoms with van der Waals surface area (Å²) in [6.45, 7) is 4.44. The van der Waals surface area contributed by atoms with Gasteiger partial charge in [0.15, 0.2) is 11.5 Å². The summed E-state index contributed by atoms with van der Waals surface area (Å²) in [4.78, 5) is 16.8. The van der Waals surface area contributed by atoms with Gasteiger partial charge in [0.1, 0.15) is 5.69 Å². The minimum absolute atomic E-state index is 0.116. The number of aryl methyl sites for hydroxylation is 1. The zero-order valence-corrected chi connectivity index (χ0v) is 13.8. The maximum absolute atomic E-state index is 12.5. The molecule has 6 nitrogen and oxygen atoms in total. The second-order valence-electron chi connectivity index (χ2n) is 6.26. The van der Waals surface area contributed by atoms with Gasteiger partial charge in [-0.15, -0.1) is 0 Å². The van der Waals surface area contributed by atoms with Crippen LogP contribution in [0.5, 0.6) is 11.5 Å². The van der Waals surface area contributed by atoms with Crippen molar-refractivity contribution >= 4 is 5.91 Å². The molecule has 3 heterocycles. The molecule has 126 valence electrons. The van der Waals surface area contributed by atoms with Gasteiger partial charge in [0.2, 0.25) is 6.79 Å². The lowest BCUT2D eigenvalue weighted by molar-refractivity contribution is 0.0619. The lowest BCUT2D eigenvalue weighted by Gasteiger charge is -2.34. The Morgan fingerprint density at radius 2 is 1.88 bits per heavy atom. The first-order chi connectivity index (χ1) is 11.7. The maximum atomic E-state index is 12.5. The van der Waals surface area contributed by atoms with Crippen molar-refractivity contribution in [3.05, 3.63) is 47.8 Å². The third-order valence-corrected chi connectivity index (χ3v) is 4.67. The van der Waals surface area contributed by atoms with Crippen molar-refractivity contribution < 1.29 is 14.3 Å². The van der Waals surface area contributed by atoms with Crippen molar-refractivity contribution in [2.75, 3.05) is 33.0 Å². The lowest BCUT2D eigenvalue weighted by Crippen LogP contribution is -2.48. The summed E-state index contributed by atoms with van der Waals surface area (Å²) in [5, 5.41) is 0. The van der Waals surface area contributed by atoms with Gasteiger partial charge in [0, 0.05) is 46.0 Å². The fraction of sp³-hybridized carbons (Fsp3) is 0.389. The Balaban J connectivity index is 1.35. The van der Waals surface area contributed by atoms with E-state index in [0.717, 1.165) is 49.9 Å². The summed E-state index contributed by atoms with van der Waals surface area (Å²) in [5.74, 6) is 1.76. The van der Waals surface area contributed by atoms with E-state index in [1.807, 2.05) is 47.0 Å². The predicted molar refractivity (Wildman–Crippen MR) is 89.2 cm³/mol. The zero-order chi connectivity index (χ0) is 16.5. The minimum atomic E-state index is 0.116. The van der Waals surface area contributed by atoms with Crippen LogP contribution in [-0.4, -0.2) is 53.2 Å². The van der Waals surface area contributed by atoms with Crippen LogP contribution in [0, 0.1) is 0 Å². The molecule has 1 aromatic heterocycles. The van der Waals surface area contributed by atoms with Crippen LogP contribution in [0.25, 0.3) is 0 Å². The van der Waals surface area contributed by atoms with E-state index >= 15 is 0 Å². The van der Waals surface area contributed by atoms with Crippen LogP contribution in [0.3, 0.4) is 0 Å². The maximum Gasteiger partial charge on any atom is 0.270 e. The number of rotatable bonds is 3. The molecule has 2 aliphatic heterocycles. The largest absolute Gasteiger partial charge is 0.454 e. The molecule has 0 atom stereocenters. The van der Waals surface area contributed by atoms with E-state index in [1.54, 1.807) is 0 Å². The van der Waals surface area contributed by atoms with Crippen LogP contribution < -0.4 is 9.47 Å². The summed E-state index contributed by atoms with van der Waals surface area (Å²) in [5.41, 5.74) is 1.96. The molecule has 2 aliphatic rings. The van der Waals surface area contributed by atoms with Crippen molar-refractivity contribution in [2.45, 2.75) is 6.54 Å². The van der Waals surface area contributed by atoms with Crippen LogP contribution >= 0.6 is 0 Å². The van der Waals surface area contributed by atoms with Gasteiger partial charge in [-0.2, -0.15) is 0 Å². The summed E-state index contributed by atoms with van der Waals surface area (Å²) in [6.07, 6.45) is 1.91. The van der Waals surface area contributed by atoms with Crippen molar-refractivity contribution in [3.63, 3.8) is 0 Å². The van der Waals surface area contributed by atoms with Gasteiger partial charge in [0.25, 0.3) is 5.91 Å². The van der Waals surface area contributed by atoms with Gasteiger partial charge >= 0.3 is 0 Å². The Kier molecular flexibility index (Phi) is 3.90. The molecule has 0 saturated carbocycles. The van der Waals surface area contributed by atoms with Gasteiger partial charge in [-0.05, 0) is 29.8 Å². The van der Waals surface area contributed by atoms with Crippen LogP contribution in [0.2, 0.25) is 0 Å². The first-order valence-electron chi connectivity index (χ1n) is 8.22. The number of benzene rings is 1. The Bertz CT molecular complexity index is 748. The summed E-state index contributed by atoms with van der Waals surface area (Å²) >= 11 is 0. The molecule has 0 N–H and O–H groups in total. The van der Waals surface area contributed by atoms with E-state index in [1.165, 1.54) is 5.56 Å². The first-order valence-corrected chi connectivity index (χ1v) is 8.22. The van der Waals surface area contributed by atoms with E-state index in [0.29, 0.717) is 6.79 Å². The standard InChI is InChI=1S/C18H21N3O3/c1-19-6-2-3-15(19)18(22)21-9-7-20(8-10-21)12-14-4-5-16-17(11-14)24-13-23-16/h2-6,11H,7-10,12-13H2,1H3. The molecule has 6 heteroatoms. The molecule has 1 fully saturated rings. The minimum Gasteiger partial charge on any atom is -0.454 e. The molecule has 2 aromatic rings. The SMILES string of the molecule is Cn1cccc1C(=O)N1CCN(Cc2ccc3c(c2)OCO3)CC1. The Morgan fingerprint density at radius 1 is 1.08 bits per heavy atom. The number of hydrogen-bond acceptors (Lipinski definition) is 4. The molecule has 4 rings (SSSR count). The highest BCUT2D eigenvalue weighted by molar-refractivity contribution is 5.92. The molecular weight excluding hydrogens is 306 g/mol. The van der Waals surface area contributed by atoms with E-state index < -0.39 is 0 Å². The summed E-state index contributed by atoms with van der Waals surface area (Å²) in [6, 6.07) is 9.87. The zero-order valence-electron chi connectivity index (χ0n) is 13.8. The molecular formula is C18H21N3O3. The number of fused-ring (bicyclic) bond motifs is 1. The molecule has 0 aliphatic carbocycles. The van der Waals surface area contributed by atoms with Crippen molar-refractivity contribution in [3.8, 4) is 11.5 Å². The van der Waals surface area contributed by atoms with Gasteiger partial charge in [0.05, 0.1) is 0 Å². The summed E-state index contributed by atoms with van der Waals surface area (Å²) < 4.78 is 12.7. The average Bonchev–Trinajstić information content (AvgIpc) is 3.23. The van der Waals surface area contributed by atoms with Gasteiger partial charge in [-0.25, -0.2) is 0 Å². The molecule has 1 aromatic carbocycles. The van der Waals surface area contributed by atoms with Crippen LogP contribution in [0.4, 0.5) is 0 Å². The van der Waals surface area contributed by atoms with E-state index in [2.05, 4.69) is 11.0 Å². The van der Waals surface area contributed by atoms with E-state index in [-0.39, 0.29) is 5.91 Å². The molecule has 0 unspecified atom stereocenters. The number of amides is 1. The topological polar surface area (TPSA) is 46.9 Å². The highest BCUT2D eigenvalue weighted by Gasteiger charge is 2.24. The Labute approximate surface area is 141 Å². The fourth-order valence-electron chi connectivity index (χ4n) is 3.25. The third kappa shape index (κ3) is 2.85. The van der Waals surface area contributed by atoms with Crippen molar-refractivity contribution in [1.82, 2.24) is 14.4 Å². The molecule has 1 saturated heterocycles. The Morgan fingerprint density at radius 3 is 2.62 bits per heavy atom. The lowest BCUT2D eigenvalue weighted by atomic mass is 10.1. The molecule has 0 radical (unpaired) electrons. The van der Waals surface area contributed by atoms with Crippen LogP contribution in [0.15, 0.2) is 36.5 Å². The number of hydrogen-bond donors (Lipinski definition) is 0. The van der Waals surface area contributed by atoms with Gasteiger partial charge < -0.3 is 18.9 Å². The molecule has 24 heavy (non-hydrogen) atoms. The van der Waals surface area contributed by atoms with E-state index in [9.17, 15) is 4.79 Å². The molecule has 0 spiro atoms.